The number of nitrogens with one attached hydrogen (secondary N) is 2. The third kappa shape index (κ3) is 5.19. The number of thiocarbonyl (C=S) groups is 1. The van der Waals surface area contributed by atoms with Crippen molar-refractivity contribution < 1.29 is 14.3 Å². The Bertz CT molecular complexity index is 767. The van der Waals surface area contributed by atoms with E-state index in [-0.39, 0.29) is 17.6 Å². The average molecular weight is 358 g/mol. The largest absolute Gasteiger partial charge is 0.493 e. The van der Waals surface area contributed by atoms with Crippen LogP contribution in [-0.2, 0) is 4.79 Å². The molecule has 25 heavy (non-hydrogen) atoms. The minimum absolute atomic E-state index is 0.159. The number of carbonyl (C=O) groups is 1. The number of methoxy groups -OCH3 is 1. The fourth-order valence-electron chi connectivity index (χ4n) is 2.57. The third-order valence-corrected chi connectivity index (χ3v) is 3.80. The zero-order valence-electron chi connectivity index (χ0n) is 14.8. The Kier molecular flexibility index (Phi) is 6.36. The highest BCUT2D eigenvalue weighted by Crippen LogP contribution is 2.25. The minimum atomic E-state index is -0.342. The molecule has 5 nitrogen and oxygen atoms in total. The molecule has 0 spiro atoms. The summed E-state index contributed by atoms with van der Waals surface area (Å²) in [5.74, 6) is 0.733. The first-order chi connectivity index (χ1) is 11.9. The maximum atomic E-state index is 12.0. The van der Waals surface area contributed by atoms with Crippen molar-refractivity contribution in [2.24, 2.45) is 0 Å². The molecule has 0 fully saturated rings. The first-order valence-electron chi connectivity index (χ1n) is 7.85. The van der Waals surface area contributed by atoms with Crippen LogP contribution < -0.4 is 20.1 Å². The van der Waals surface area contributed by atoms with Crippen LogP contribution in [0.5, 0.6) is 11.5 Å². The minimum Gasteiger partial charge on any atom is -0.493 e. The standard InChI is InChI=1S/C19H22N2O3S/c1-12-9-13(2)18(14(3)10-12)21-19(25)20-17(22)11-24-16-8-6-5-7-15(16)23-4/h5-10H,11H2,1-4H3,(H2,20,21,22,25). The Labute approximate surface area is 153 Å². The number of aryl methyl sites for hydroxylation is 3. The van der Waals surface area contributed by atoms with Crippen molar-refractivity contribution in [3.05, 3.63) is 53.1 Å². The van der Waals surface area contributed by atoms with Gasteiger partial charge in [0.25, 0.3) is 5.91 Å². The van der Waals surface area contributed by atoms with Gasteiger partial charge < -0.3 is 14.8 Å². The molecule has 0 saturated carbocycles. The van der Waals surface area contributed by atoms with Crippen molar-refractivity contribution in [1.82, 2.24) is 5.32 Å². The van der Waals surface area contributed by atoms with E-state index < -0.39 is 0 Å². The van der Waals surface area contributed by atoms with E-state index in [1.54, 1.807) is 19.2 Å². The summed E-state index contributed by atoms with van der Waals surface area (Å²) in [4.78, 5) is 12.0. The first-order valence-corrected chi connectivity index (χ1v) is 8.26. The average Bonchev–Trinajstić information content (AvgIpc) is 2.56. The molecule has 0 heterocycles. The molecule has 2 aromatic carbocycles. The van der Waals surface area contributed by atoms with Gasteiger partial charge in [0.05, 0.1) is 7.11 Å². The number of hydrogen-bond acceptors (Lipinski definition) is 4. The molecule has 0 saturated heterocycles. The predicted octanol–water partition coefficient (Wildman–Crippen LogP) is 3.51. The van der Waals surface area contributed by atoms with Gasteiger partial charge in [-0.05, 0) is 56.2 Å². The summed E-state index contributed by atoms with van der Waals surface area (Å²) in [6.07, 6.45) is 0. The fourth-order valence-corrected chi connectivity index (χ4v) is 2.78. The number of benzene rings is 2. The molecule has 132 valence electrons. The molecule has 2 N–H and O–H groups in total. The molecule has 2 rings (SSSR count). The van der Waals surface area contributed by atoms with E-state index in [1.165, 1.54) is 5.56 Å². The van der Waals surface area contributed by atoms with Gasteiger partial charge in [-0.2, -0.15) is 0 Å². The van der Waals surface area contributed by atoms with Crippen LogP contribution in [0.1, 0.15) is 16.7 Å². The SMILES string of the molecule is COc1ccccc1OCC(=O)NC(=S)Nc1c(C)cc(C)cc1C. The maximum absolute atomic E-state index is 12.0. The van der Waals surface area contributed by atoms with Crippen molar-refractivity contribution in [3.8, 4) is 11.5 Å². The zero-order chi connectivity index (χ0) is 18.4. The molecular weight excluding hydrogens is 336 g/mol. The highest BCUT2D eigenvalue weighted by Gasteiger charge is 2.10. The number of carbonyl (C=O) groups excluding carboxylic acids is 1. The van der Waals surface area contributed by atoms with Crippen LogP contribution in [0.15, 0.2) is 36.4 Å². The normalized spacial score (nSPS) is 10.1. The van der Waals surface area contributed by atoms with E-state index in [4.69, 9.17) is 21.7 Å². The number of ether oxygens (including phenoxy) is 2. The van der Waals surface area contributed by atoms with Crippen molar-refractivity contribution >= 4 is 28.9 Å². The lowest BCUT2D eigenvalue weighted by atomic mass is 10.1. The number of amides is 1. The highest BCUT2D eigenvalue weighted by molar-refractivity contribution is 7.80. The van der Waals surface area contributed by atoms with Crippen LogP contribution in [0.2, 0.25) is 0 Å². The summed E-state index contributed by atoms with van der Waals surface area (Å²) in [5, 5.41) is 5.94. The van der Waals surface area contributed by atoms with Crippen molar-refractivity contribution in [3.63, 3.8) is 0 Å². The van der Waals surface area contributed by atoms with Gasteiger partial charge in [-0.1, -0.05) is 29.8 Å². The number of rotatable bonds is 5. The second-order valence-corrected chi connectivity index (χ2v) is 6.12. The van der Waals surface area contributed by atoms with E-state index in [9.17, 15) is 4.79 Å². The van der Waals surface area contributed by atoms with Crippen LogP contribution in [-0.4, -0.2) is 24.7 Å². The van der Waals surface area contributed by atoms with E-state index in [0.717, 1.165) is 16.8 Å². The number of para-hydroxylation sites is 2. The second kappa shape index (κ2) is 8.48. The third-order valence-electron chi connectivity index (χ3n) is 3.60. The van der Waals surface area contributed by atoms with E-state index in [1.807, 2.05) is 32.9 Å². The van der Waals surface area contributed by atoms with Gasteiger partial charge in [0.1, 0.15) is 0 Å². The second-order valence-electron chi connectivity index (χ2n) is 5.72. The molecule has 0 unspecified atom stereocenters. The highest BCUT2D eigenvalue weighted by atomic mass is 32.1. The molecule has 0 radical (unpaired) electrons. The van der Waals surface area contributed by atoms with Gasteiger partial charge in [-0.3, -0.25) is 10.1 Å². The van der Waals surface area contributed by atoms with Gasteiger partial charge >= 0.3 is 0 Å². The Hall–Kier alpha value is -2.60. The number of anilines is 1. The van der Waals surface area contributed by atoms with Crippen LogP contribution in [0, 0.1) is 20.8 Å². The van der Waals surface area contributed by atoms with Crippen LogP contribution in [0.4, 0.5) is 5.69 Å². The summed E-state index contributed by atoms with van der Waals surface area (Å²) < 4.78 is 10.7. The van der Waals surface area contributed by atoms with Gasteiger partial charge in [0, 0.05) is 5.69 Å². The molecule has 0 aliphatic heterocycles. The molecule has 2 aromatic rings. The Morgan fingerprint density at radius 1 is 1.08 bits per heavy atom. The maximum Gasteiger partial charge on any atom is 0.264 e. The monoisotopic (exact) mass is 358 g/mol. The lowest BCUT2D eigenvalue weighted by molar-refractivity contribution is -0.121. The number of hydrogen-bond donors (Lipinski definition) is 2. The summed E-state index contributed by atoms with van der Waals surface area (Å²) in [6, 6.07) is 11.3. The Morgan fingerprint density at radius 2 is 1.68 bits per heavy atom. The van der Waals surface area contributed by atoms with E-state index >= 15 is 0 Å². The van der Waals surface area contributed by atoms with Crippen molar-refractivity contribution in [1.29, 1.82) is 0 Å². The van der Waals surface area contributed by atoms with Crippen LogP contribution >= 0.6 is 12.2 Å². The van der Waals surface area contributed by atoms with Gasteiger partial charge in [0.2, 0.25) is 0 Å². The quantitative estimate of drug-likeness (QED) is 0.801. The molecule has 0 aromatic heterocycles. The smallest absolute Gasteiger partial charge is 0.264 e. The van der Waals surface area contributed by atoms with Gasteiger partial charge in [0.15, 0.2) is 23.2 Å². The molecule has 0 bridgehead atoms. The molecule has 0 aliphatic carbocycles. The first kappa shape index (κ1) is 18.7. The molecular formula is C19H22N2O3S. The van der Waals surface area contributed by atoms with Gasteiger partial charge in [-0.15, -0.1) is 0 Å². The van der Waals surface area contributed by atoms with Crippen LogP contribution in [0.25, 0.3) is 0 Å². The van der Waals surface area contributed by atoms with Crippen LogP contribution in [0.3, 0.4) is 0 Å². The molecule has 0 aliphatic rings. The zero-order valence-corrected chi connectivity index (χ0v) is 15.6. The summed E-state index contributed by atoms with van der Waals surface area (Å²) >= 11 is 5.22. The Balaban J connectivity index is 1.91. The van der Waals surface area contributed by atoms with E-state index in [2.05, 4.69) is 22.8 Å². The lowest BCUT2D eigenvalue weighted by Crippen LogP contribution is -2.37. The topological polar surface area (TPSA) is 59.6 Å². The van der Waals surface area contributed by atoms with Crippen molar-refractivity contribution in [2.45, 2.75) is 20.8 Å². The summed E-state index contributed by atoms with van der Waals surface area (Å²) in [5.41, 5.74) is 4.22. The van der Waals surface area contributed by atoms with Gasteiger partial charge in [-0.25, -0.2) is 0 Å². The molecule has 6 heteroatoms. The molecule has 0 atom stereocenters. The summed E-state index contributed by atoms with van der Waals surface area (Å²) in [7, 11) is 1.55. The fraction of sp³-hybridized carbons (Fsp3) is 0.263. The molecule has 1 amide bonds. The van der Waals surface area contributed by atoms with E-state index in [0.29, 0.717) is 11.5 Å². The predicted molar refractivity (Wildman–Crippen MR) is 104 cm³/mol. The summed E-state index contributed by atoms with van der Waals surface area (Å²) in [6.45, 7) is 5.88. The Morgan fingerprint density at radius 3 is 2.28 bits per heavy atom. The van der Waals surface area contributed by atoms with Crippen molar-refractivity contribution in [2.75, 3.05) is 19.0 Å². The lowest BCUT2D eigenvalue weighted by Gasteiger charge is -2.15.